The minimum atomic E-state index is -0.431. The Morgan fingerprint density at radius 1 is 1.20 bits per heavy atom. The Morgan fingerprint density at radius 3 is 2.55 bits per heavy atom. The van der Waals surface area contributed by atoms with Crippen molar-refractivity contribution in [1.29, 1.82) is 0 Å². The molecule has 0 spiro atoms. The van der Waals surface area contributed by atoms with Crippen LogP contribution in [0.3, 0.4) is 0 Å². The van der Waals surface area contributed by atoms with Crippen LogP contribution in [0.5, 0.6) is 0 Å². The number of aliphatic hydroxyl groups is 1. The summed E-state index contributed by atoms with van der Waals surface area (Å²) in [6, 6.07) is 10.2. The second-order valence-electron chi connectivity index (χ2n) is 5.75. The summed E-state index contributed by atoms with van der Waals surface area (Å²) in [5.74, 6) is 0.488. The van der Waals surface area contributed by atoms with Crippen LogP contribution in [0.25, 0.3) is 0 Å². The van der Waals surface area contributed by atoms with Gasteiger partial charge < -0.3 is 9.84 Å². The van der Waals surface area contributed by atoms with Crippen LogP contribution < -0.4 is 0 Å². The molecule has 0 amide bonds. The predicted octanol–water partition coefficient (Wildman–Crippen LogP) is 4.09. The number of aliphatic hydroxyl groups excluding tert-OH is 1. The van der Waals surface area contributed by atoms with E-state index in [0.717, 1.165) is 0 Å². The topological polar surface area (TPSA) is 29.5 Å². The van der Waals surface area contributed by atoms with Crippen molar-refractivity contribution in [1.82, 2.24) is 0 Å². The molecule has 1 unspecified atom stereocenters. The molecular weight excluding hydrogens is 248 g/mol. The van der Waals surface area contributed by atoms with E-state index >= 15 is 0 Å². The molecule has 1 aliphatic carbocycles. The Bertz CT molecular complexity index is 382. The Labute approximate surface area is 122 Å². The van der Waals surface area contributed by atoms with Gasteiger partial charge in [-0.05, 0) is 30.7 Å². The second kappa shape index (κ2) is 8.23. The first kappa shape index (κ1) is 15.3. The van der Waals surface area contributed by atoms with E-state index in [-0.39, 0.29) is 6.10 Å². The van der Waals surface area contributed by atoms with Gasteiger partial charge >= 0.3 is 0 Å². The molecule has 2 rings (SSSR count). The summed E-state index contributed by atoms with van der Waals surface area (Å²) in [5.41, 5.74) is 1.17. The van der Waals surface area contributed by atoms with Crippen molar-refractivity contribution >= 4 is 0 Å². The largest absolute Gasteiger partial charge is 0.390 e. The Balaban J connectivity index is 1.96. The Kier molecular flexibility index (Phi) is 6.28. The van der Waals surface area contributed by atoms with Crippen molar-refractivity contribution < 1.29 is 9.84 Å². The number of hydrogen-bond donors (Lipinski definition) is 1. The minimum Gasteiger partial charge on any atom is -0.390 e. The molecule has 2 heteroatoms. The van der Waals surface area contributed by atoms with Crippen LogP contribution in [0, 0.1) is 5.92 Å². The van der Waals surface area contributed by atoms with E-state index in [1.807, 2.05) is 18.2 Å². The molecule has 1 N–H and O–H groups in total. The first-order valence-electron chi connectivity index (χ1n) is 7.75. The van der Waals surface area contributed by atoms with Crippen LogP contribution in [0.1, 0.15) is 44.1 Å². The van der Waals surface area contributed by atoms with Gasteiger partial charge in [0.1, 0.15) is 0 Å². The quantitative estimate of drug-likeness (QED) is 0.759. The number of hydrogen-bond acceptors (Lipinski definition) is 2. The third kappa shape index (κ3) is 4.46. The van der Waals surface area contributed by atoms with Crippen LogP contribution in [-0.4, -0.2) is 17.3 Å². The molecule has 0 bridgehead atoms. The highest BCUT2D eigenvalue weighted by Gasteiger charge is 2.29. The lowest BCUT2D eigenvalue weighted by Crippen LogP contribution is -2.37. The maximum atomic E-state index is 10.3. The molecule has 1 saturated carbocycles. The molecule has 0 heterocycles. The van der Waals surface area contributed by atoms with Gasteiger partial charge in [0, 0.05) is 0 Å². The van der Waals surface area contributed by atoms with E-state index in [9.17, 15) is 5.11 Å². The van der Waals surface area contributed by atoms with Gasteiger partial charge in [-0.15, -0.1) is 6.58 Å². The molecule has 1 aromatic carbocycles. The smallest absolute Gasteiger partial charge is 0.0869 e. The third-order valence-electron chi connectivity index (χ3n) is 4.19. The van der Waals surface area contributed by atoms with E-state index < -0.39 is 6.10 Å². The molecule has 0 radical (unpaired) electrons. The van der Waals surface area contributed by atoms with E-state index in [1.54, 1.807) is 6.08 Å². The zero-order valence-electron chi connectivity index (χ0n) is 12.2. The SMILES string of the molecule is C=CCC(O)[C@@H](OCc1ccccc1)C1CCCCC1. The summed E-state index contributed by atoms with van der Waals surface area (Å²) in [4.78, 5) is 0. The second-order valence-corrected chi connectivity index (χ2v) is 5.75. The van der Waals surface area contributed by atoms with Crippen molar-refractivity contribution in [3.63, 3.8) is 0 Å². The average molecular weight is 274 g/mol. The van der Waals surface area contributed by atoms with Crippen LogP contribution in [0.2, 0.25) is 0 Å². The lowest BCUT2D eigenvalue weighted by Gasteiger charge is -2.33. The van der Waals surface area contributed by atoms with Crippen molar-refractivity contribution in [2.45, 2.75) is 57.3 Å². The number of benzene rings is 1. The average Bonchev–Trinajstić information content (AvgIpc) is 2.50. The fourth-order valence-electron chi connectivity index (χ4n) is 3.10. The van der Waals surface area contributed by atoms with E-state index in [0.29, 0.717) is 18.9 Å². The highest BCUT2D eigenvalue weighted by Crippen LogP contribution is 2.30. The number of rotatable bonds is 7. The maximum absolute atomic E-state index is 10.3. The molecule has 2 atom stereocenters. The van der Waals surface area contributed by atoms with Crippen LogP contribution in [0.4, 0.5) is 0 Å². The van der Waals surface area contributed by atoms with Gasteiger partial charge in [0.2, 0.25) is 0 Å². The summed E-state index contributed by atoms with van der Waals surface area (Å²) < 4.78 is 6.08. The van der Waals surface area contributed by atoms with Gasteiger partial charge in [-0.1, -0.05) is 55.7 Å². The van der Waals surface area contributed by atoms with Crippen molar-refractivity contribution in [3.05, 3.63) is 48.6 Å². The molecule has 1 aliphatic rings. The maximum Gasteiger partial charge on any atom is 0.0869 e. The van der Waals surface area contributed by atoms with Gasteiger partial charge in [-0.2, -0.15) is 0 Å². The van der Waals surface area contributed by atoms with E-state index in [4.69, 9.17) is 4.74 Å². The van der Waals surface area contributed by atoms with Crippen molar-refractivity contribution in [2.24, 2.45) is 5.92 Å². The molecule has 0 aromatic heterocycles. The van der Waals surface area contributed by atoms with Gasteiger partial charge in [-0.3, -0.25) is 0 Å². The molecule has 1 aromatic rings. The highest BCUT2D eigenvalue weighted by molar-refractivity contribution is 5.13. The number of ether oxygens (including phenoxy) is 1. The first-order chi connectivity index (χ1) is 9.81. The molecule has 20 heavy (non-hydrogen) atoms. The fraction of sp³-hybridized carbons (Fsp3) is 0.556. The normalized spacial score (nSPS) is 19.4. The summed E-state index contributed by atoms with van der Waals surface area (Å²) >= 11 is 0. The summed E-state index contributed by atoms with van der Waals surface area (Å²) in [6.45, 7) is 4.31. The molecule has 0 aliphatic heterocycles. The molecule has 0 saturated heterocycles. The Hall–Kier alpha value is -1.12. The van der Waals surface area contributed by atoms with Gasteiger partial charge in [0.25, 0.3) is 0 Å². The monoisotopic (exact) mass is 274 g/mol. The highest BCUT2D eigenvalue weighted by atomic mass is 16.5. The first-order valence-corrected chi connectivity index (χ1v) is 7.75. The lowest BCUT2D eigenvalue weighted by atomic mass is 9.82. The van der Waals surface area contributed by atoms with Crippen molar-refractivity contribution in [3.8, 4) is 0 Å². The third-order valence-corrected chi connectivity index (χ3v) is 4.19. The minimum absolute atomic E-state index is 0.0616. The van der Waals surface area contributed by atoms with E-state index in [1.165, 1.54) is 37.7 Å². The summed E-state index contributed by atoms with van der Waals surface area (Å²) in [6.07, 6.45) is 8.09. The Morgan fingerprint density at radius 2 is 1.90 bits per heavy atom. The zero-order chi connectivity index (χ0) is 14.2. The standard InChI is InChI=1S/C18H26O2/c1-2-9-17(19)18(16-12-7-4-8-13-16)20-14-15-10-5-3-6-11-15/h2-3,5-6,10-11,16-19H,1,4,7-9,12-14H2/t17?,18-/m0/s1. The summed E-state index contributed by atoms with van der Waals surface area (Å²) in [7, 11) is 0. The van der Waals surface area contributed by atoms with Crippen molar-refractivity contribution in [2.75, 3.05) is 0 Å². The predicted molar refractivity (Wildman–Crippen MR) is 82.4 cm³/mol. The summed E-state index contributed by atoms with van der Waals surface area (Å²) in [5, 5.41) is 10.3. The molecular formula is C18H26O2. The molecule has 2 nitrogen and oxygen atoms in total. The van der Waals surface area contributed by atoms with Gasteiger partial charge in [0.05, 0.1) is 18.8 Å². The lowest BCUT2D eigenvalue weighted by molar-refractivity contribution is -0.0824. The van der Waals surface area contributed by atoms with Crippen LogP contribution in [-0.2, 0) is 11.3 Å². The van der Waals surface area contributed by atoms with Gasteiger partial charge in [-0.25, -0.2) is 0 Å². The molecule has 1 fully saturated rings. The molecule has 110 valence electrons. The van der Waals surface area contributed by atoms with E-state index in [2.05, 4.69) is 18.7 Å². The van der Waals surface area contributed by atoms with Crippen LogP contribution in [0.15, 0.2) is 43.0 Å². The zero-order valence-corrected chi connectivity index (χ0v) is 12.2. The fourth-order valence-corrected chi connectivity index (χ4v) is 3.10. The van der Waals surface area contributed by atoms with Gasteiger partial charge in [0.15, 0.2) is 0 Å². The van der Waals surface area contributed by atoms with Crippen LogP contribution >= 0.6 is 0 Å².